The largest absolute Gasteiger partial charge is 0.467 e. The monoisotopic (exact) mass is 380 g/mol. The van der Waals surface area contributed by atoms with Gasteiger partial charge in [-0.1, -0.05) is 12.1 Å². The molecule has 0 saturated carbocycles. The van der Waals surface area contributed by atoms with Crippen molar-refractivity contribution in [3.63, 3.8) is 0 Å². The van der Waals surface area contributed by atoms with E-state index in [0.717, 1.165) is 16.5 Å². The predicted molar refractivity (Wildman–Crippen MR) is 101 cm³/mol. The molecule has 0 aliphatic heterocycles. The van der Waals surface area contributed by atoms with E-state index in [2.05, 4.69) is 20.3 Å². The molecule has 0 fully saturated rings. The quantitative estimate of drug-likeness (QED) is 0.568. The number of nitrogens with one attached hydrogen (secondary N) is 1. The third-order valence-electron chi connectivity index (χ3n) is 3.74. The second-order valence-corrected chi connectivity index (χ2v) is 6.44. The van der Waals surface area contributed by atoms with Gasteiger partial charge in [-0.15, -0.1) is 11.3 Å². The Labute approximate surface area is 157 Å². The van der Waals surface area contributed by atoms with Gasteiger partial charge in [0.2, 0.25) is 5.88 Å². The number of anilines is 1. The highest BCUT2D eigenvalue weighted by Gasteiger charge is 2.11. The number of para-hydroxylation sites is 1. The molecule has 0 atom stereocenters. The molecular formula is C19H13FN4O2S. The van der Waals surface area contributed by atoms with Crippen LogP contribution >= 0.6 is 11.3 Å². The third-order valence-corrected chi connectivity index (χ3v) is 4.49. The fraction of sp³-hybridized carbons (Fsp3) is 0.0526. The van der Waals surface area contributed by atoms with E-state index in [4.69, 9.17) is 4.74 Å². The number of hydrogen-bond donors (Lipinski definition) is 1. The SMILES string of the molecule is O=C(COc1ncnc2ccccc12)Nc1nc(-c2ccc(F)cc2)cs1. The van der Waals surface area contributed by atoms with Gasteiger partial charge < -0.3 is 4.74 Å². The highest BCUT2D eigenvalue weighted by atomic mass is 32.1. The van der Waals surface area contributed by atoms with E-state index in [-0.39, 0.29) is 18.3 Å². The summed E-state index contributed by atoms with van der Waals surface area (Å²) in [6.07, 6.45) is 1.39. The van der Waals surface area contributed by atoms with Crippen LogP contribution in [-0.4, -0.2) is 27.5 Å². The fourth-order valence-corrected chi connectivity index (χ4v) is 3.20. The summed E-state index contributed by atoms with van der Waals surface area (Å²) in [4.78, 5) is 24.7. The molecule has 0 unspecified atom stereocenters. The average molecular weight is 380 g/mol. The molecule has 1 N–H and O–H groups in total. The van der Waals surface area contributed by atoms with Crippen molar-refractivity contribution in [2.24, 2.45) is 0 Å². The summed E-state index contributed by atoms with van der Waals surface area (Å²) >= 11 is 1.28. The molecule has 4 aromatic rings. The molecule has 27 heavy (non-hydrogen) atoms. The minimum atomic E-state index is -0.349. The lowest BCUT2D eigenvalue weighted by molar-refractivity contribution is -0.118. The van der Waals surface area contributed by atoms with E-state index < -0.39 is 0 Å². The van der Waals surface area contributed by atoms with Crippen LogP contribution in [0.5, 0.6) is 5.88 Å². The van der Waals surface area contributed by atoms with Crippen molar-refractivity contribution >= 4 is 33.3 Å². The molecule has 0 bridgehead atoms. The zero-order valence-corrected chi connectivity index (χ0v) is 14.7. The minimum absolute atomic E-state index is 0.202. The highest BCUT2D eigenvalue weighted by Crippen LogP contribution is 2.25. The number of carbonyl (C=O) groups excluding carboxylic acids is 1. The number of benzene rings is 2. The van der Waals surface area contributed by atoms with Gasteiger partial charge in [-0.05, 0) is 36.4 Å². The molecule has 0 aliphatic rings. The third kappa shape index (κ3) is 3.90. The Morgan fingerprint density at radius 3 is 2.78 bits per heavy atom. The molecule has 6 nitrogen and oxygen atoms in total. The number of amides is 1. The number of aromatic nitrogens is 3. The van der Waals surface area contributed by atoms with E-state index in [1.807, 2.05) is 24.3 Å². The number of nitrogens with zero attached hydrogens (tertiary/aromatic N) is 3. The van der Waals surface area contributed by atoms with E-state index >= 15 is 0 Å². The number of fused-ring (bicyclic) bond motifs is 1. The van der Waals surface area contributed by atoms with E-state index in [0.29, 0.717) is 16.7 Å². The van der Waals surface area contributed by atoms with Crippen LogP contribution in [-0.2, 0) is 4.79 Å². The second kappa shape index (κ2) is 7.46. The van der Waals surface area contributed by atoms with Gasteiger partial charge >= 0.3 is 0 Å². The molecule has 8 heteroatoms. The number of carbonyl (C=O) groups is 1. The molecular weight excluding hydrogens is 367 g/mol. The molecule has 0 saturated heterocycles. The molecule has 0 spiro atoms. The molecule has 4 rings (SSSR count). The number of thiazole rings is 1. The first-order valence-corrected chi connectivity index (χ1v) is 8.91. The van der Waals surface area contributed by atoms with Crippen LogP contribution in [0, 0.1) is 5.82 Å². The van der Waals surface area contributed by atoms with Crippen LogP contribution in [0.4, 0.5) is 9.52 Å². The smallest absolute Gasteiger partial charge is 0.264 e. The highest BCUT2D eigenvalue weighted by molar-refractivity contribution is 7.14. The summed E-state index contributed by atoms with van der Waals surface area (Å²) in [7, 11) is 0. The van der Waals surface area contributed by atoms with Crippen LogP contribution in [0.2, 0.25) is 0 Å². The maximum Gasteiger partial charge on any atom is 0.264 e. The Morgan fingerprint density at radius 1 is 1.11 bits per heavy atom. The normalized spacial score (nSPS) is 10.7. The number of halogens is 1. The predicted octanol–water partition coefficient (Wildman–Crippen LogP) is 3.91. The molecule has 2 heterocycles. The van der Waals surface area contributed by atoms with Gasteiger partial charge in [-0.3, -0.25) is 10.1 Å². The van der Waals surface area contributed by atoms with Crippen LogP contribution in [0.25, 0.3) is 22.2 Å². The van der Waals surface area contributed by atoms with Gasteiger partial charge in [0.15, 0.2) is 11.7 Å². The molecule has 2 aromatic heterocycles. The molecule has 2 aromatic carbocycles. The van der Waals surface area contributed by atoms with Crippen LogP contribution < -0.4 is 10.1 Å². The average Bonchev–Trinajstić information content (AvgIpc) is 3.15. The van der Waals surface area contributed by atoms with Gasteiger partial charge in [0.1, 0.15) is 12.1 Å². The molecule has 0 radical (unpaired) electrons. The molecule has 134 valence electrons. The van der Waals surface area contributed by atoms with Crippen molar-refractivity contribution in [2.75, 3.05) is 11.9 Å². The maximum atomic E-state index is 13.0. The zero-order chi connectivity index (χ0) is 18.6. The van der Waals surface area contributed by atoms with Crippen LogP contribution in [0.3, 0.4) is 0 Å². The van der Waals surface area contributed by atoms with Crippen molar-refractivity contribution in [1.29, 1.82) is 0 Å². The second-order valence-electron chi connectivity index (χ2n) is 5.58. The van der Waals surface area contributed by atoms with Gasteiger partial charge in [0.05, 0.1) is 16.6 Å². The van der Waals surface area contributed by atoms with Crippen molar-refractivity contribution in [1.82, 2.24) is 15.0 Å². The summed E-state index contributed by atoms with van der Waals surface area (Å²) in [5.41, 5.74) is 2.18. The first-order chi connectivity index (χ1) is 13.2. The van der Waals surface area contributed by atoms with Crippen molar-refractivity contribution in [3.8, 4) is 17.1 Å². The van der Waals surface area contributed by atoms with Crippen LogP contribution in [0.1, 0.15) is 0 Å². The first-order valence-electron chi connectivity index (χ1n) is 8.03. The summed E-state index contributed by atoms with van der Waals surface area (Å²) in [6, 6.07) is 13.4. The number of hydrogen-bond acceptors (Lipinski definition) is 6. The zero-order valence-electron chi connectivity index (χ0n) is 13.9. The van der Waals surface area contributed by atoms with Gasteiger partial charge in [-0.25, -0.2) is 19.3 Å². The Hall–Kier alpha value is -3.39. The molecule has 1 amide bonds. The van der Waals surface area contributed by atoms with E-state index in [1.165, 1.54) is 29.8 Å². The lowest BCUT2D eigenvalue weighted by Crippen LogP contribution is -2.20. The van der Waals surface area contributed by atoms with Gasteiger partial charge in [0.25, 0.3) is 5.91 Å². The van der Waals surface area contributed by atoms with Crippen molar-refractivity contribution < 1.29 is 13.9 Å². The summed E-state index contributed by atoms with van der Waals surface area (Å²) < 4.78 is 18.5. The first kappa shape index (κ1) is 17.0. The summed E-state index contributed by atoms with van der Waals surface area (Å²) in [5.74, 6) is -0.309. The lowest BCUT2D eigenvalue weighted by Gasteiger charge is -2.07. The summed E-state index contributed by atoms with van der Waals surface area (Å²) in [6.45, 7) is -0.202. The van der Waals surface area contributed by atoms with Gasteiger partial charge in [-0.2, -0.15) is 0 Å². The van der Waals surface area contributed by atoms with Crippen LogP contribution in [0.15, 0.2) is 60.2 Å². The Morgan fingerprint density at radius 2 is 1.93 bits per heavy atom. The fourth-order valence-electron chi connectivity index (χ4n) is 2.47. The molecule has 0 aliphatic carbocycles. The summed E-state index contributed by atoms with van der Waals surface area (Å²) in [5, 5.41) is 5.66. The van der Waals surface area contributed by atoms with Crippen molar-refractivity contribution in [3.05, 3.63) is 66.1 Å². The van der Waals surface area contributed by atoms with E-state index in [9.17, 15) is 9.18 Å². The Balaban J connectivity index is 1.40. The topological polar surface area (TPSA) is 77.0 Å². The van der Waals surface area contributed by atoms with E-state index in [1.54, 1.807) is 17.5 Å². The lowest BCUT2D eigenvalue weighted by atomic mass is 10.2. The Bertz CT molecular complexity index is 1090. The number of rotatable bonds is 5. The van der Waals surface area contributed by atoms with Gasteiger partial charge in [0, 0.05) is 10.9 Å². The van der Waals surface area contributed by atoms with Crippen molar-refractivity contribution in [2.45, 2.75) is 0 Å². The maximum absolute atomic E-state index is 13.0. The standard InChI is InChI=1S/C19H13FN4O2S/c20-13-7-5-12(6-8-13)16-10-27-19(23-16)24-17(25)9-26-18-14-3-1-2-4-15(14)21-11-22-18/h1-8,10-11H,9H2,(H,23,24,25). The Kier molecular flexibility index (Phi) is 4.71. The number of ether oxygens (including phenoxy) is 1. The minimum Gasteiger partial charge on any atom is -0.467 e.